The van der Waals surface area contributed by atoms with E-state index in [1.165, 1.54) is 93.3 Å². The van der Waals surface area contributed by atoms with Crippen LogP contribution in [-0.2, 0) is 5.41 Å². The molecule has 58 heavy (non-hydrogen) atoms. The molecule has 0 amide bonds. The van der Waals surface area contributed by atoms with Crippen molar-refractivity contribution in [1.82, 2.24) is 9.55 Å². The summed E-state index contributed by atoms with van der Waals surface area (Å²) in [6.45, 7) is 0. The molecule has 2 aromatic heterocycles. The molecule has 268 valence electrons. The maximum atomic E-state index is 4.89. The zero-order valence-corrected chi connectivity index (χ0v) is 31.5. The molecule has 0 saturated carbocycles. The first kappa shape index (κ1) is 31.6. The molecule has 0 bridgehead atoms. The van der Waals surface area contributed by atoms with Gasteiger partial charge < -0.3 is 0 Å². The van der Waals surface area contributed by atoms with Gasteiger partial charge in [0.25, 0.3) is 0 Å². The molecule has 1 unspecified atom stereocenters. The molecule has 0 radical (unpaired) electrons. The highest BCUT2D eigenvalue weighted by atomic mass is 15.0. The van der Waals surface area contributed by atoms with E-state index in [0.29, 0.717) is 0 Å². The van der Waals surface area contributed by atoms with Gasteiger partial charge in [-0.3, -0.25) is 4.57 Å². The van der Waals surface area contributed by atoms with Crippen LogP contribution in [0.4, 0.5) is 0 Å². The van der Waals surface area contributed by atoms with Crippen molar-refractivity contribution in [1.29, 1.82) is 0 Å². The fourth-order valence-corrected chi connectivity index (χ4v) is 10.6. The lowest BCUT2D eigenvalue weighted by molar-refractivity contribution is 0.768. The summed E-state index contributed by atoms with van der Waals surface area (Å²) in [6, 6.07) is 70.0. The van der Waals surface area contributed by atoms with Crippen LogP contribution in [0.25, 0.3) is 94.3 Å². The van der Waals surface area contributed by atoms with Gasteiger partial charge in [-0.15, -0.1) is 0 Å². The molecule has 1 spiro atoms. The van der Waals surface area contributed by atoms with Gasteiger partial charge in [-0.2, -0.15) is 0 Å². The van der Waals surface area contributed by atoms with Crippen LogP contribution < -0.4 is 0 Å². The van der Waals surface area contributed by atoms with E-state index >= 15 is 0 Å². The summed E-state index contributed by atoms with van der Waals surface area (Å²) in [5.41, 5.74) is 15.4. The standard InChI is InChI=1S/C56H34N2/c1-2-14-39(15-3-1)58-54-29-28-37(31-49(54)45-21-12-30-57-55(45)58)38-27-26-36-25-24-35-13-4-10-22-50(35)56(52(36)32-38)51-23-11-9-20-44(51)48-33-46-42-18-7-5-16-40(42)41-17-6-8-19-43(41)47(46)34-53(48)56/h1-34H. The summed E-state index contributed by atoms with van der Waals surface area (Å²) >= 11 is 0. The normalized spacial score (nSPS) is 15.2. The average molecular weight is 735 g/mol. The summed E-state index contributed by atoms with van der Waals surface area (Å²) in [7, 11) is 0. The number of hydrogen-bond acceptors (Lipinski definition) is 1. The average Bonchev–Trinajstić information content (AvgIpc) is 3.72. The van der Waals surface area contributed by atoms with Crippen molar-refractivity contribution in [2.24, 2.45) is 0 Å². The molecule has 13 rings (SSSR count). The van der Waals surface area contributed by atoms with Gasteiger partial charge in [-0.05, 0) is 143 Å². The maximum Gasteiger partial charge on any atom is 0.145 e. The molecular formula is C56H34N2. The van der Waals surface area contributed by atoms with Crippen molar-refractivity contribution in [3.8, 4) is 27.9 Å². The summed E-state index contributed by atoms with van der Waals surface area (Å²) in [6.07, 6.45) is 6.55. The minimum atomic E-state index is -0.560. The fourth-order valence-electron chi connectivity index (χ4n) is 10.6. The minimum absolute atomic E-state index is 0.560. The second kappa shape index (κ2) is 11.7. The Bertz CT molecular complexity index is 3570. The first-order valence-electron chi connectivity index (χ1n) is 20.1. The molecule has 0 aliphatic heterocycles. The van der Waals surface area contributed by atoms with Crippen LogP contribution in [-0.4, -0.2) is 9.55 Å². The van der Waals surface area contributed by atoms with Crippen molar-refractivity contribution in [2.45, 2.75) is 5.41 Å². The zero-order chi connectivity index (χ0) is 38.0. The number of para-hydroxylation sites is 1. The molecule has 0 fully saturated rings. The molecule has 0 N–H and O–H groups in total. The number of fused-ring (bicyclic) bond motifs is 18. The SMILES string of the molecule is C1=Cc2ccc(-c3ccc4c(c3)c3cccnc3n4-c3ccccc3)cc2C2(c3ccccc31)c1ccccc1-c1cc3c4ccccc4c4ccccc4c3cc12. The first-order valence-corrected chi connectivity index (χ1v) is 20.1. The van der Waals surface area contributed by atoms with Crippen molar-refractivity contribution in [3.05, 3.63) is 228 Å². The molecule has 2 heteroatoms. The summed E-state index contributed by atoms with van der Waals surface area (Å²) in [5.74, 6) is 0. The smallest absolute Gasteiger partial charge is 0.145 e. The topological polar surface area (TPSA) is 17.8 Å². The molecule has 0 saturated heterocycles. The van der Waals surface area contributed by atoms with E-state index in [2.05, 4.69) is 199 Å². The fraction of sp³-hybridized carbons (Fsp3) is 0.0179. The predicted octanol–water partition coefficient (Wildman–Crippen LogP) is 14.2. The Labute approximate surface area is 335 Å². The van der Waals surface area contributed by atoms with Crippen LogP contribution in [0.15, 0.2) is 194 Å². The van der Waals surface area contributed by atoms with Crippen molar-refractivity contribution < 1.29 is 0 Å². The first-order chi connectivity index (χ1) is 28.8. The molecule has 2 nitrogen and oxygen atoms in total. The van der Waals surface area contributed by atoms with E-state index in [4.69, 9.17) is 4.98 Å². The van der Waals surface area contributed by atoms with Crippen molar-refractivity contribution in [3.63, 3.8) is 0 Å². The van der Waals surface area contributed by atoms with E-state index in [1.807, 2.05) is 12.3 Å². The summed E-state index contributed by atoms with van der Waals surface area (Å²) < 4.78 is 2.28. The molecule has 2 aliphatic carbocycles. The second-order valence-electron chi connectivity index (χ2n) is 15.8. The van der Waals surface area contributed by atoms with Crippen LogP contribution in [0.2, 0.25) is 0 Å². The Balaban J connectivity index is 1.12. The van der Waals surface area contributed by atoms with E-state index in [-0.39, 0.29) is 0 Å². The number of pyridine rings is 1. The molecule has 1 atom stereocenters. The predicted molar refractivity (Wildman–Crippen MR) is 243 cm³/mol. The van der Waals surface area contributed by atoms with Crippen LogP contribution >= 0.6 is 0 Å². The second-order valence-corrected chi connectivity index (χ2v) is 15.8. The molecule has 9 aromatic carbocycles. The lowest BCUT2D eigenvalue weighted by atomic mass is 9.65. The van der Waals surface area contributed by atoms with Gasteiger partial charge in [0.05, 0.1) is 10.9 Å². The van der Waals surface area contributed by atoms with Crippen LogP contribution in [0, 0.1) is 0 Å². The van der Waals surface area contributed by atoms with Gasteiger partial charge in [0.1, 0.15) is 5.65 Å². The number of nitrogens with zero attached hydrogens (tertiary/aromatic N) is 2. The minimum Gasteiger partial charge on any atom is -0.294 e. The largest absolute Gasteiger partial charge is 0.294 e. The Morgan fingerprint density at radius 3 is 1.76 bits per heavy atom. The highest BCUT2D eigenvalue weighted by Crippen LogP contribution is 2.60. The van der Waals surface area contributed by atoms with Crippen molar-refractivity contribution >= 4 is 66.4 Å². The van der Waals surface area contributed by atoms with Gasteiger partial charge in [0.15, 0.2) is 0 Å². The monoisotopic (exact) mass is 734 g/mol. The van der Waals surface area contributed by atoms with E-state index in [1.54, 1.807) is 0 Å². The summed E-state index contributed by atoms with van der Waals surface area (Å²) in [4.78, 5) is 4.89. The Morgan fingerprint density at radius 2 is 0.966 bits per heavy atom. The van der Waals surface area contributed by atoms with Gasteiger partial charge in [-0.1, -0.05) is 146 Å². The van der Waals surface area contributed by atoms with Crippen LogP contribution in [0.3, 0.4) is 0 Å². The molecule has 2 aliphatic rings. The van der Waals surface area contributed by atoms with E-state index in [0.717, 1.165) is 22.2 Å². The summed E-state index contributed by atoms with van der Waals surface area (Å²) in [5, 5.41) is 10.1. The van der Waals surface area contributed by atoms with Gasteiger partial charge in [0, 0.05) is 22.7 Å². The van der Waals surface area contributed by atoms with Gasteiger partial charge in [0.2, 0.25) is 0 Å². The number of hydrogen-bond donors (Lipinski definition) is 0. The van der Waals surface area contributed by atoms with E-state index < -0.39 is 5.41 Å². The third-order valence-electron chi connectivity index (χ3n) is 13.0. The number of aromatic nitrogens is 2. The lowest BCUT2D eigenvalue weighted by Gasteiger charge is -2.36. The third kappa shape index (κ3) is 4.13. The highest BCUT2D eigenvalue weighted by molar-refractivity contribution is 6.26. The highest BCUT2D eigenvalue weighted by Gasteiger charge is 2.48. The quantitative estimate of drug-likeness (QED) is 0.162. The lowest BCUT2D eigenvalue weighted by Crippen LogP contribution is -2.30. The van der Waals surface area contributed by atoms with Gasteiger partial charge >= 0.3 is 0 Å². The maximum absolute atomic E-state index is 4.89. The number of rotatable bonds is 2. The molecule has 11 aromatic rings. The van der Waals surface area contributed by atoms with Gasteiger partial charge in [-0.25, -0.2) is 4.98 Å². The third-order valence-corrected chi connectivity index (χ3v) is 13.0. The van der Waals surface area contributed by atoms with Crippen LogP contribution in [0.1, 0.15) is 33.4 Å². The zero-order valence-electron chi connectivity index (χ0n) is 31.5. The Morgan fingerprint density at radius 1 is 0.362 bits per heavy atom. The number of benzene rings is 9. The Kier molecular flexibility index (Phi) is 6.40. The van der Waals surface area contributed by atoms with Crippen molar-refractivity contribution in [2.75, 3.05) is 0 Å². The Hall–Kier alpha value is -7.55. The molecular weight excluding hydrogens is 701 g/mol. The van der Waals surface area contributed by atoms with E-state index in [9.17, 15) is 0 Å². The molecule has 2 heterocycles. The van der Waals surface area contributed by atoms with Crippen LogP contribution in [0.5, 0.6) is 0 Å².